The third-order valence-corrected chi connectivity index (χ3v) is 6.65. The second-order valence-electron chi connectivity index (χ2n) is 7.53. The molecule has 0 spiro atoms. The highest BCUT2D eigenvalue weighted by atomic mass is 32.2. The molecule has 2 aliphatic rings. The van der Waals surface area contributed by atoms with Gasteiger partial charge in [-0.3, -0.25) is 4.79 Å². The van der Waals surface area contributed by atoms with E-state index in [4.69, 9.17) is 4.74 Å². The fraction of sp³-hybridized carbons (Fsp3) is 0.435. The molecule has 0 bridgehead atoms. The Kier molecular flexibility index (Phi) is 6.55. The fourth-order valence-corrected chi connectivity index (χ4v) is 5.02. The van der Waals surface area contributed by atoms with Crippen molar-refractivity contribution in [1.82, 2.24) is 9.80 Å². The number of hydrogen-bond acceptors (Lipinski definition) is 4. The molecular formula is C23H28N2O2S. The molecule has 0 aromatic heterocycles. The molecule has 2 saturated heterocycles. The molecule has 2 aromatic carbocycles. The van der Waals surface area contributed by atoms with Gasteiger partial charge in [-0.1, -0.05) is 18.2 Å². The number of amides is 1. The minimum absolute atomic E-state index is 0.151. The number of carbonyl (C=O) groups is 1. The summed E-state index contributed by atoms with van der Waals surface area (Å²) in [6.45, 7) is 4.21. The van der Waals surface area contributed by atoms with E-state index in [1.54, 1.807) is 0 Å². The van der Waals surface area contributed by atoms with Gasteiger partial charge in [0.1, 0.15) is 11.5 Å². The van der Waals surface area contributed by atoms with Crippen molar-refractivity contribution in [3.63, 3.8) is 0 Å². The molecule has 2 fully saturated rings. The predicted octanol–water partition coefficient (Wildman–Crippen LogP) is 4.52. The van der Waals surface area contributed by atoms with Gasteiger partial charge in [-0.05, 0) is 74.5 Å². The summed E-state index contributed by atoms with van der Waals surface area (Å²) in [6, 6.07) is 17.6. The Bertz CT molecular complexity index is 760. The predicted molar refractivity (Wildman–Crippen MR) is 115 cm³/mol. The third kappa shape index (κ3) is 4.89. The van der Waals surface area contributed by atoms with Gasteiger partial charge < -0.3 is 14.5 Å². The van der Waals surface area contributed by atoms with Crippen LogP contribution in [0.4, 0.5) is 0 Å². The molecule has 4 rings (SSSR count). The minimum Gasteiger partial charge on any atom is -0.457 e. The number of rotatable bonds is 5. The number of carbonyl (C=O) groups excluding carboxylic acids is 1. The zero-order chi connectivity index (χ0) is 19.2. The molecule has 0 radical (unpaired) electrons. The van der Waals surface area contributed by atoms with Gasteiger partial charge in [-0.25, -0.2) is 0 Å². The second kappa shape index (κ2) is 9.48. The Morgan fingerprint density at radius 1 is 0.929 bits per heavy atom. The number of nitrogens with zero attached hydrogens (tertiary/aromatic N) is 2. The van der Waals surface area contributed by atoms with E-state index in [9.17, 15) is 4.79 Å². The first-order valence-electron chi connectivity index (χ1n) is 10.2. The molecule has 5 heteroatoms. The SMILES string of the molecule is O=C(c1ccc(Oc2ccccc2)cc1)N1CCCSCC1CN1CCCC1. The van der Waals surface area contributed by atoms with Crippen molar-refractivity contribution in [2.45, 2.75) is 25.3 Å². The zero-order valence-electron chi connectivity index (χ0n) is 16.3. The first-order valence-corrected chi connectivity index (χ1v) is 11.4. The summed E-state index contributed by atoms with van der Waals surface area (Å²) in [7, 11) is 0. The molecule has 0 saturated carbocycles. The lowest BCUT2D eigenvalue weighted by molar-refractivity contribution is 0.0666. The highest BCUT2D eigenvalue weighted by Gasteiger charge is 2.29. The topological polar surface area (TPSA) is 32.8 Å². The average molecular weight is 397 g/mol. The largest absolute Gasteiger partial charge is 0.457 e. The van der Waals surface area contributed by atoms with E-state index in [2.05, 4.69) is 9.80 Å². The second-order valence-corrected chi connectivity index (χ2v) is 8.68. The van der Waals surface area contributed by atoms with E-state index in [1.807, 2.05) is 66.4 Å². The van der Waals surface area contributed by atoms with Crippen LogP contribution in [0.25, 0.3) is 0 Å². The molecule has 0 N–H and O–H groups in total. The van der Waals surface area contributed by atoms with Gasteiger partial charge in [0.25, 0.3) is 5.91 Å². The molecule has 28 heavy (non-hydrogen) atoms. The lowest BCUT2D eigenvalue weighted by Crippen LogP contribution is -2.47. The maximum Gasteiger partial charge on any atom is 0.254 e. The quantitative estimate of drug-likeness (QED) is 0.744. The summed E-state index contributed by atoms with van der Waals surface area (Å²) in [5.41, 5.74) is 0.749. The Balaban J connectivity index is 1.44. The molecular weight excluding hydrogens is 368 g/mol. The van der Waals surface area contributed by atoms with Gasteiger partial charge in [0, 0.05) is 24.4 Å². The minimum atomic E-state index is 0.151. The van der Waals surface area contributed by atoms with Crippen LogP contribution in [0.1, 0.15) is 29.6 Å². The Hall–Kier alpha value is -1.98. The summed E-state index contributed by atoms with van der Waals surface area (Å²) in [6.07, 6.45) is 3.65. The summed E-state index contributed by atoms with van der Waals surface area (Å²) >= 11 is 1.99. The van der Waals surface area contributed by atoms with Crippen molar-refractivity contribution in [2.75, 3.05) is 37.7 Å². The molecule has 2 aromatic rings. The van der Waals surface area contributed by atoms with E-state index in [0.717, 1.165) is 48.1 Å². The number of ether oxygens (including phenoxy) is 1. The van der Waals surface area contributed by atoms with Crippen molar-refractivity contribution in [3.05, 3.63) is 60.2 Å². The monoisotopic (exact) mass is 396 g/mol. The average Bonchev–Trinajstić information content (AvgIpc) is 3.13. The van der Waals surface area contributed by atoms with Crippen LogP contribution in [0.3, 0.4) is 0 Å². The van der Waals surface area contributed by atoms with Crippen molar-refractivity contribution in [3.8, 4) is 11.5 Å². The molecule has 1 atom stereocenters. The summed E-state index contributed by atoms with van der Waals surface area (Å²) < 4.78 is 5.85. The van der Waals surface area contributed by atoms with E-state index in [1.165, 1.54) is 25.9 Å². The maximum absolute atomic E-state index is 13.3. The maximum atomic E-state index is 13.3. The Morgan fingerprint density at radius 2 is 1.64 bits per heavy atom. The molecule has 2 aliphatic heterocycles. The van der Waals surface area contributed by atoms with E-state index in [-0.39, 0.29) is 5.91 Å². The third-order valence-electron chi connectivity index (χ3n) is 5.45. The van der Waals surface area contributed by atoms with Crippen LogP contribution in [0.5, 0.6) is 11.5 Å². The Labute approximate surface area is 171 Å². The number of hydrogen-bond donors (Lipinski definition) is 0. The lowest BCUT2D eigenvalue weighted by Gasteiger charge is -2.32. The molecule has 1 unspecified atom stereocenters. The first kappa shape index (κ1) is 19.3. The lowest BCUT2D eigenvalue weighted by atomic mass is 10.1. The number of thioether (sulfide) groups is 1. The Morgan fingerprint density at radius 3 is 2.39 bits per heavy atom. The van der Waals surface area contributed by atoms with Gasteiger partial charge in [-0.2, -0.15) is 11.8 Å². The molecule has 4 nitrogen and oxygen atoms in total. The van der Waals surface area contributed by atoms with Crippen molar-refractivity contribution < 1.29 is 9.53 Å². The standard InChI is InChI=1S/C23H28N2O2S/c26-23(19-9-11-22(12-10-19)27-21-7-2-1-3-8-21)25-15-6-16-28-18-20(25)17-24-13-4-5-14-24/h1-3,7-12,20H,4-6,13-18H2. The van der Waals surface area contributed by atoms with Gasteiger partial charge in [0.2, 0.25) is 0 Å². The first-order chi connectivity index (χ1) is 13.8. The van der Waals surface area contributed by atoms with Crippen LogP contribution in [-0.2, 0) is 0 Å². The van der Waals surface area contributed by atoms with Gasteiger partial charge >= 0.3 is 0 Å². The van der Waals surface area contributed by atoms with Crippen molar-refractivity contribution >= 4 is 17.7 Å². The normalized spacial score (nSPS) is 20.7. The summed E-state index contributed by atoms with van der Waals surface area (Å²) in [5, 5.41) is 0. The van der Waals surface area contributed by atoms with Crippen LogP contribution in [0.2, 0.25) is 0 Å². The van der Waals surface area contributed by atoms with Crippen LogP contribution >= 0.6 is 11.8 Å². The van der Waals surface area contributed by atoms with Crippen LogP contribution in [-0.4, -0.2) is 59.4 Å². The molecule has 0 aliphatic carbocycles. The number of benzene rings is 2. The summed E-state index contributed by atoms with van der Waals surface area (Å²) in [5.74, 6) is 3.89. The molecule has 148 valence electrons. The van der Waals surface area contributed by atoms with Crippen molar-refractivity contribution in [2.24, 2.45) is 0 Å². The number of likely N-dealkylation sites (tertiary alicyclic amines) is 1. The van der Waals surface area contributed by atoms with Gasteiger partial charge in [0.15, 0.2) is 0 Å². The van der Waals surface area contributed by atoms with Crippen LogP contribution in [0.15, 0.2) is 54.6 Å². The fourth-order valence-electron chi connectivity index (χ4n) is 3.97. The van der Waals surface area contributed by atoms with E-state index in [0.29, 0.717) is 6.04 Å². The summed E-state index contributed by atoms with van der Waals surface area (Å²) in [4.78, 5) is 17.9. The van der Waals surface area contributed by atoms with Crippen LogP contribution in [0, 0.1) is 0 Å². The molecule has 2 heterocycles. The smallest absolute Gasteiger partial charge is 0.254 e. The highest BCUT2D eigenvalue weighted by molar-refractivity contribution is 7.99. The van der Waals surface area contributed by atoms with Crippen molar-refractivity contribution in [1.29, 1.82) is 0 Å². The highest BCUT2D eigenvalue weighted by Crippen LogP contribution is 2.24. The van der Waals surface area contributed by atoms with Gasteiger partial charge in [-0.15, -0.1) is 0 Å². The number of para-hydroxylation sites is 1. The van der Waals surface area contributed by atoms with E-state index >= 15 is 0 Å². The zero-order valence-corrected chi connectivity index (χ0v) is 17.1. The molecule has 1 amide bonds. The van der Waals surface area contributed by atoms with E-state index < -0.39 is 0 Å². The van der Waals surface area contributed by atoms with Gasteiger partial charge in [0.05, 0.1) is 6.04 Å². The van der Waals surface area contributed by atoms with Crippen LogP contribution < -0.4 is 4.74 Å².